The van der Waals surface area contributed by atoms with Gasteiger partial charge >= 0.3 is 0 Å². The van der Waals surface area contributed by atoms with E-state index in [4.69, 9.17) is 14.5 Å². The summed E-state index contributed by atoms with van der Waals surface area (Å²) in [5.41, 5.74) is 1.38. The molecule has 24 heavy (non-hydrogen) atoms. The number of halogens is 1. The summed E-state index contributed by atoms with van der Waals surface area (Å²) in [4.78, 5) is 7.09. The van der Waals surface area contributed by atoms with E-state index in [1.165, 1.54) is 5.56 Å². The van der Waals surface area contributed by atoms with Crippen LogP contribution in [-0.2, 0) is 4.74 Å². The largest absolute Gasteiger partial charge is 0.497 e. The molecule has 2 rings (SSSR count). The molecule has 0 bridgehead atoms. The van der Waals surface area contributed by atoms with Gasteiger partial charge in [-0.25, -0.2) is 0 Å². The average Bonchev–Trinajstić information content (AvgIpc) is 3.07. The fraction of sp³-hybridized carbons (Fsp3) is 0.611. The van der Waals surface area contributed by atoms with E-state index in [1.54, 1.807) is 14.2 Å². The van der Waals surface area contributed by atoms with Gasteiger partial charge in [0, 0.05) is 45.8 Å². The summed E-state index contributed by atoms with van der Waals surface area (Å²) >= 11 is 0. The van der Waals surface area contributed by atoms with Crippen LogP contribution in [-0.4, -0.2) is 57.9 Å². The van der Waals surface area contributed by atoms with Gasteiger partial charge in [0.25, 0.3) is 0 Å². The minimum absolute atomic E-state index is 0. The number of hydrogen-bond donors (Lipinski definition) is 1. The Bertz CT molecular complexity index is 494. The van der Waals surface area contributed by atoms with E-state index in [2.05, 4.69) is 29.3 Å². The molecule has 1 aromatic carbocycles. The monoisotopic (exact) mass is 447 g/mol. The van der Waals surface area contributed by atoms with Crippen molar-refractivity contribution >= 4 is 29.9 Å². The van der Waals surface area contributed by atoms with Crippen LogP contribution in [0.5, 0.6) is 5.75 Å². The van der Waals surface area contributed by atoms with E-state index in [0.717, 1.165) is 57.3 Å². The number of ether oxygens (including phenoxy) is 2. The average molecular weight is 447 g/mol. The van der Waals surface area contributed by atoms with Crippen LogP contribution in [0, 0.1) is 0 Å². The first kappa shape index (κ1) is 21.0. The van der Waals surface area contributed by atoms with Gasteiger partial charge in [-0.1, -0.05) is 12.1 Å². The molecule has 1 saturated heterocycles. The van der Waals surface area contributed by atoms with Crippen molar-refractivity contribution < 1.29 is 9.47 Å². The number of rotatable bonds is 7. The molecule has 1 N–H and O–H groups in total. The van der Waals surface area contributed by atoms with Crippen LogP contribution in [0.3, 0.4) is 0 Å². The second-order valence-corrected chi connectivity index (χ2v) is 5.79. The molecule has 0 aromatic heterocycles. The lowest BCUT2D eigenvalue weighted by molar-refractivity contribution is 0.197. The fourth-order valence-electron chi connectivity index (χ4n) is 2.92. The van der Waals surface area contributed by atoms with E-state index < -0.39 is 0 Å². The summed E-state index contributed by atoms with van der Waals surface area (Å²) < 4.78 is 10.3. The molecule has 1 aliphatic rings. The van der Waals surface area contributed by atoms with Crippen molar-refractivity contribution in [2.24, 2.45) is 4.99 Å². The zero-order valence-corrected chi connectivity index (χ0v) is 17.3. The van der Waals surface area contributed by atoms with Crippen LogP contribution < -0.4 is 10.1 Å². The molecule has 6 heteroatoms. The lowest BCUT2D eigenvalue weighted by Crippen LogP contribution is -2.40. The molecule has 0 spiro atoms. The Balaban J connectivity index is 0.00000288. The van der Waals surface area contributed by atoms with Gasteiger partial charge in [-0.3, -0.25) is 4.99 Å². The van der Waals surface area contributed by atoms with E-state index >= 15 is 0 Å². The molecule has 136 valence electrons. The summed E-state index contributed by atoms with van der Waals surface area (Å²) in [6, 6.07) is 8.44. The van der Waals surface area contributed by atoms with Crippen molar-refractivity contribution in [1.82, 2.24) is 10.2 Å². The second kappa shape index (κ2) is 11.5. The number of guanidine groups is 1. The van der Waals surface area contributed by atoms with Gasteiger partial charge in [0.15, 0.2) is 5.96 Å². The second-order valence-electron chi connectivity index (χ2n) is 5.79. The number of nitrogens with zero attached hydrogens (tertiary/aromatic N) is 2. The van der Waals surface area contributed by atoms with Crippen LogP contribution >= 0.6 is 24.0 Å². The molecule has 0 aliphatic carbocycles. The Kier molecular flexibility index (Phi) is 10.1. The predicted octanol–water partition coefficient (Wildman–Crippen LogP) is 3.10. The zero-order valence-electron chi connectivity index (χ0n) is 15.0. The van der Waals surface area contributed by atoms with Crippen molar-refractivity contribution in [2.45, 2.75) is 25.7 Å². The maximum atomic E-state index is 5.24. The molecule has 1 heterocycles. The fourth-order valence-corrected chi connectivity index (χ4v) is 2.92. The van der Waals surface area contributed by atoms with Gasteiger partial charge in [-0.05, 0) is 37.5 Å². The highest BCUT2D eigenvalue weighted by Crippen LogP contribution is 2.28. The van der Waals surface area contributed by atoms with Gasteiger partial charge in [-0.2, -0.15) is 0 Å². The summed E-state index contributed by atoms with van der Waals surface area (Å²) in [6.45, 7) is 6.64. The smallest absolute Gasteiger partial charge is 0.193 e. The molecule has 1 fully saturated rings. The standard InChI is InChI=1S/C18H29N3O2.HI/c1-4-19-18(20-11-5-13-22-2)21-12-10-16(14-21)15-6-8-17(23-3)9-7-15;/h6-9,16H,4-5,10-14H2,1-3H3,(H,19,20);1H. The van der Waals surface area contributed by atoms with Crippen LogP contribution in [0.4, 0.5) is 0 Å². The zero-order chi connectivity index (χ0) is 16.5. The Morgan fingerprint density at radius 3 is 2.67 bits per heavy atom. The summed E-state index contributed by atoms with van der Waals surface area (Å²) in [7, 11) is 3.43. The Morgan fingerprint density at radius 1 is 1.29 bits per heavy atom. The minimum atomic E-state index is 0. The van der Waals surface area contributed by atoms with Crippen LogP contribution in [0.15, 0.2) is 29.3 Å². The molecule has 0 amide bonds. The number of nitrogens with one attached hydrogen (secondary N) is 1. The molecule has 1 aliphatic heterocycles. The quantitative estimate of drug-likeness (QED) is 0.302. The van der Waals surface area contributed by atoms with Crippen LogP contribution in [0.25, 0.3) is 0 Å². The summed E-state index contributed by atoms with van der Waals surface area (Å²) in [5.74, 6) is 2.50. The third-order valence-electron chi connectivity index (χ3n) is 4.18. The molecule has 1 aromatic rings. The predicted molar refractivity (Wildman–Crippen MR) is 110 cm³/mol. The minimum Gasteiger partial charge on any atom is -0.497 e. The number of aliphatic imine (C=N–C) groups is 1. The SMILES string of the molecule is CCNC(=NCCCOC)N1CCC(c2ccc(OC)cc2)C1.I. The van der Waals surface area contributed by atoms with E-state index in [-0.39, 0.29) is 24.0 Å². The number of likely N-dealkylation sites (tertiary alicyclic amines) is 1. The van der Waals surface area contributed by atoms with Crippen LogP contribution in [0.1, 0.15) is 31.2 Å². The van der Waals surface area contributed by atoms with E-state index in [1.807, 2.05) is 12.1 Å². The highest BCUT2D eigenvalue weighted by atomic mass is 127. The first-order chi connectivity index (χ1) is 11.3. The Morgan fingerprint density at radius 2 is 2.04 bits per heavy atom. The highest BCUT2D eigenvalue weighted by molar-refractivity contribution is 14.0. The number of benzene rings is 1. The molecule has 1 atom stereocenters. The third kappa shape index (κ3) is 6.12. The lowest BCUT2D eigenvalue weighted by Gasteiger charge is -2.21. The normalized spacial score (nSPS) is 17.5. The topological polar surface area (TPSA) is 46.1 Å². The molecule has 5 nitrogen and oxygen atoms in total. The molecular weight excluding hydrogens is 417 g/mol. The summed E-state index contributed by atoms with van der Waals surface area (Å²) in [6.07, 6.45) is 2.12. The first-order valence-electron chi connectivity index (χ1n) is 8.44. The lowest BCUT2D eigenvalue weighted by atomic mass is 9.98. The van der Waals surface area contributed by atoms with Crippen molar-refractivity contribution in [1.29, 1.82) is 0 Å². The maximum Gasteiger partial charge on any atom is 0.193 e. The third-order valence-corrected chi connectivity index (χ3v) is 4.18. The highest BCUT2D eigenvalue weighted by Gasteiger charge is 2.25. The Hall–Kier alpha value is -1.02. The van der Waals surface area contributed by atoms with Gasteiger partial charge in [-0.15, -0.1) is 24.0 Å². The van der Waals surface area contributed by atoms with Crippen molar-refractivity contribution in [3.63, 3.8) is 0 Å². The van der Waals surface area contributed by atoms with Crippen LogP contribution in [0.2, 0.25) is 0 Å². The van der Waals surface area contributed by atoms with Gasteiger partial charge < -0.3 is 19.7 Å². The van der Waals surface area contributed by atoms with Gasteiger partial charge in [0.2, 0.25) is 0 Å². The number of hydrogen-bond acceptors (Lipinski definition) is 3. The van der Waals surface area contributed by atoms with Crippen molar-refractivity contribution in [3.05, 3.63) is 29.8 Å². The van der Waals surface area contributed by atoms with E-state index in [0.29, 0.717) is 5.92 Å². The molecule has 0 radical (unpaired) electrons. The van der Waals surface area contributed by atoms with E-state index in [9.17, 15) is 0 Å². The Labute approximate surface area is 162 Å². The molecule has 0 saturated carbocycles. The van der Waals surface area contributed by atoms with Gasteiger partial charge in [0.1, 0.15) is 5.75 Å². The van der Waals surface area contributed by atoms with Crippen molar-refractivity contribution in [2.75, 3.05) is 47.0 Å². The van der Waals surface area contributed by atoms with Crippen molar-refractivity contribution in [3.8, 4) is 5.75 Å². The number of methoxy groups -OCH3 is 2. The first-order valence-corrected chi connectivity index (χ1v) is 8.44. The maximum absolute atomic E-state index is 5.24. The summed E-state index contributed by atoms with van der Waals surface area (Å²) in [5, 5.41) is 3.41. The molecule has 1 unspecified atom stereocenters. The van der Waals surface area contributed by atoms with Gasteiger partial charge in [0.05, 0.1) is 7.11 Å². The molecular formula is C18H30IN3O2.